The van der Waals surface area contributed by atoms with E-state index in [0.29, 0.717) is 25.9 Å². The molecule has 4 N–H and O–H groups in total. The lowest BCUT2D eigenvalue weighted by molar-refractivity contribution is -0.143. The molecular formula is C59H115NO6. The molecule has 1 amide bonds. The van der Waals surface area contributed by atoms with Crippen molar-refractivity contribution in [2.24, 2.45) is 0 Å². The van der Waals surface area contributed by atoms with Crippen LogP contribution in [-0.2, 0) is 14.3 Å². The SMILES string of the molecule is CCCCCCCC/C=C\CCCCCCCC(=O)OCCCCCCCCCCCCCCCCCCCCCCC(=O)N[C@@H](CO)[C@H](O)[C@H](O)CCCCCCCCCCCCCC. The molecule has 0 saturated carbocycles. The summed E-state index contributed by atoms with van der Waals surface area (Å²) in [6.07, 6.45) is 60.9. The van der Waals surface area contributed by atoms with Crippen LogP contribution >= 0.6 is 0 Å². The Labute approximate surface area is 411 Å². The van der Waals surface area contributed by atoms with Crippen molar-refractivity contribution in [1.82, 2.24) is 5.32 Å². The lowest BCUT2D eigenvalue weighted by Gasteiger charge is -2.26. The van der Waals surface area contributed by atoms with Crippen molar-refractivity contribution < 1.29 is 29.6 Å². The lowest BCUT2D eigenvalue weighted by Crippen LogP contribution is -2.50. The Bertz CT molecular complexity index is 1000. The summed E-state index contributed by atoms with van der Waals surface area (Å²) in [4.78, 5) is 24.5. The van der Waals surface area contributed by atoms with Gasteiger partial charge in [-0.3, -0.25) is 9.59 Å². The van der Waals surface area contributed by atoms with Crippen LogP contribution in [-0.4, -0.2) is 58.7 Å². The number of hydrogen-bond donors (Lipinski definition) is 4. The highest BCUT2D eigenvalue weighted by atomic mass is 16.5. The van der Waals surface area contributed by atoms with Gasteiger partial charge in [0.1, 0.15) is 6.10 Å². The highest BCUT2D eigenvalue weighted by Crippen LogP contribution is 2.18. The van der Waals surface area contributed by atoms with Gasteiger partial charge >= 0.3 is 5.97 Å². The van der Waals surface area contributed by atoms with Crippen LogP contribution in [0.3, 0.4) is 0 Å². The van der Waals surface area contributed by atoms with Crippen molar-refractivity contribution in [3.8, 4) is 0 Å². The molecule has 0 heterocycles. The quantitative estimate of drug-likeness (QED) is 0.0274. The van der Waals surface area contributed by atoms with Crippen molar-refractivity contribution in [1.29, 1.82) is 0 Å². The van der Waals surface area contributed by atoms with Crippen molar-refractivity contribution in [2.75, 3.05) is 13.2 Å². The van der Waals surface area contributed by atoms with Crippen LogP contribution in [0.15, 0.2) is 12.2 Å². The maximum absolute atomic E-state index is 12.5. The molecule has 0 aromatic rings. The van der Waals surface area contributed by atoms with Gasteiger partial charge in [0.05, 0.1) is 25.4 Å². The number of amides is 1. The van der Waals surface area contributed by atoms with E-state index >= 15 is 0 Å². The minimum Gasteiger partial charge on any atom is -0.466 e. The molecule has 3 atom stereocenters. The fraction of sp³-hybridized carbons (Fsp3) is 0.932. The van der Waals surface area contributed by atoms with Crippen LogP contribution in [0.2, 0.25) is 0 Å². The van der Waals surface area contributed by atoms with Gasteiger partial charge in [-0.1, -0.05) is 270 Å². The Kier molecular flexibility index (Phi) is 53.3. The van der Waals surface area contributed by atoms with Crippen molar-refractivity contribution >= 4 is 11.9 Å². The summed E-state index contributed by atoms with van der Waals surface area (Å²) in [6.45, 7) is 4.76. The number of carbonyl (C=O) groups excluding carboxylic acids is 2. The second kappa shape index (κ2) is 54.5. The second-order valence-corrected chi connectivity index (χ2v) is 20.5. The normalized spacial score (nSPS) is 13.1. The zero-order valence-corrected chi connectivity index (χ0v) is 44.3. The molecule has 0 saturated heterocycles. The molecule has 7 nitrogen and oxygen atoms in total. The predicted molar refractivity (Wildman–Crippen MR) is 284 cm³/mol. The molecule has 66 heavy (non-hydrogen) atoms. The maximum atomic E-state index is 12.5. The average molecular weight is 935 g/mol. The summed E-state index contributed by atoms with van der Waals surface area (Å²) < 4.78 is 5.48. The Hall–Kier alpha value is -1.44. The summed E-state index contributed by atoms with van der Waals surface area (Å²) in [6, 6.07) is -0.814. The standard InChI is InChI=1S/C59H115NO6/c1-3-5-7-9-11-13-15-17-24-28-32-36-40-44-48-52-58(64)66-53-49-45-41-37-33-29-26-23-21-19-18-20-22-25-27-31-35-39-43-47-51-57(63)60-55(54-61)59(65)56(62)50-46-42-38-34-30-16-14-12-10-8-6-4-2/h17,24,55-56,59,61-62,65H,3-16,18-23,25-54H2,1-2H3,(H,60,63)/b24-17-/t55-,56+,59-/m0/s1. The van der Waals surface area contributed by atoms with E-state index in [2.05, 4.69) is 31.3 Å². The third-order valence-corrected chi connectivity index (χ3v) is 13.9. The molecule has 392 valence electrons. The highest BCUT2D eigenvalue weighted by Gasteiger charge is 2.26. The lowest BCUT2D eigenvalue weighted by atomic mass is 9.99. The van der Waals surface area contributed by atoms with Crippen LogP contribution in [0.4, 0.5) is 0 Å². The van der Waals surface area contributed by atoms with Crippen LogP contribution in [0.5, 0.6) is 0 Å². The van der Waals surface area contributed by atoms with Gasteiger partial charge in [0.15, 0.2) is 0 Å². The monoisotopic (exact) mass is 934 g/mol. The Morgan fingerprint density at radius 2 is 0.742 bits per heavy atom. The summed E-state index contributed by atoms with van der Waals surface area (Å²) in [5.74, 6) is -0.151. The number of hydrogen-bond acceptors (Lipinski definition) is 6. The van der Waals surface area contributed by atoms with Crippen molar-refractivity contribution in [2.45, 2.75) is 340 Å². The molecule has 0 unspecified atom stereocenters. The van der Waals surface area contributed by atoms with Gasteiger partial charge < -0.3 is 25.4 Å². The van der Waals surface area contributed by atoms with E-state index in [1.54, 1.807) is 0 Å². The smallest absolute Gasteiger partial charge is 0.305 e. The zero-order valence-electron chi connectivity index (χ0n) is 44.3. The van der Waals surface area contributed by atoms with E-state index in [9.17, 15) is 24.9 Å². The molecule has 7 heteroatoms. The van der Waals surface area contributed by atoms with E-state index in [0.717, 1.165) is 57.8 Å². The molecule has 0 radical (unpaired) electrons. The summed E-state index contributed by atoms with van der Waals surface area (Å²) in [5, 5.41) is 33.6. The molecule has 0 spiro atoms. The van der Waals surface area contributed by atoms with Gasteiger partial charge in [-0.2, -0.15) is 0 Å². The van der Waals surface area contributed by atoms with Crippen LogP contribution < -0.4 is 5.32 Å². The first kappa shape index (κ1) is 64.6. The predicted octanol–water partition coefficient (Wildman–Crippen LogP) is 17.0. The molecule has 0 bridgehead atoms. The number of allylic oxidation sites excluding steroid dienone is 2. The van der Waals surface area contributed by atoms with Gasteiger partial charge in [0.2, 0.25) is 5.91 Å². The number of carbonyl (C=O) groups is 2. The number of aliphatic hydroxyl groups excluding tert-OH is 3. The fourth-order valence-corrected chi connectivity index (χ4v) is 9.32. The first-order valence-corrected chi connectivity index (χ1v) is 29.5. The molecular weight excluding hydrogens is 819 g/mol. The molecule has 0 aromatic carbocycles. The van der Waals surface area contributed by atoms with Crippen molar-refractivity contribution in [3.05, 3.63) is 12.2 Å². The van der Waals surface area contributed by atoms with E-state index in [4.69, 9.17) is 4.74 Å². The Morgan fingerprint density at radius 1 is 0.424 bits per heavy atom. The molecule has 0 aromatic heterocycles. The first-order valence-electron chi connectivity index (χ1n) is 29.5. The van der Waals surface area contributed by atoms with Crippen LogP contribution in [0.25, 0.3) is 0 Å². The minimum absolute atomic E-state index is 0.00142. The maximum Gasteiger partial charge on any atom is 0.305 e. The summed E-state index contributed by atoms with van der Waals surface area (Å²) >= 11 is 0. The van der Waals surface area contributed by atoms with Gasteiger partial charge in [-0.25, -0.2) is 0 Å². The first-order chi connectivity index (χ1) is 32.5. The van der Waals surface area contributed by atoms with Gasteiger partial charge in [0.25, 0.3) is 0 Å². The Morgan fingerprint density at radius 3 is 1.12 bits per heavy atom. The van der Waals surface area contributed by atoms with Gasteiger partial charge in [0, 0.05) is 12.8 Å². The van der Waals surface area contributed by atoms with E-state index in [-0.39, 0.29) is 18.5 Å². The second-order valence-electron chi connectivity index (χ2n) is 20.5. The van der Waals surface area contributed by atoms with E-state index < -0.39 is 18.2 Å². The van der Waals surface area contributed by atoms with Crippen LogP contribution in [0, 0.1) is 0 Å². The molecule has 0 rings (SSSR count). The molecule has 0 aliphatic rings. The van der Waals surface area contributed by atoms with Crippen LogP contribution in [0.1, 0.15) is 322 Å². The number of unbranched alkanes of at least 4 members (excludes halogenated alkanes) is 41. The van der Waals surface area contributed by atoms with E-state index in [1.165, 1.54) is 231 Å². The molecule has 0 fully saturated rings. The number of rotatable bonds is 55. The number of ether oxygens (including phenoxy) is 1. The minimum atomic E-state index is -1.14. The largest absolute Gasteiger partial charge is 0.466 e. The number of nitrogens with one attached hydrogen (secondary N) is 1. The number of esters is 1. The summed E-state index contributed by atoms with van der Waals surface area (Å²) in [5.41, 5.74) is 0. The Balaban J connectivity index is 3.43. The third kappa shape index (κ3) is 49.0. The molecule has 0 aliphatic heterocycles. The molecule has 0 aliphatic carbocycles. The number of aliphatic hydroxyl groups is 3. The summed E-state index contributed by atoms with van der Waals surface area (Å²) in [7, 11) is 0. The van der Waals surface area contributed by atoms with Gasteiger partial charge in [-0.15, -0.1) is 0 Å². The van der Waals surface area contributed by atoms with Crippen molar-refractivity contribution in [3.63, 3.8) is 0 Å². The highest BCUT2D eigenvalue weighted by molar-refractivity contribution is 5.76. The van der Waals surface area contributed by atoms with Gasteiger partial charge in [-0.05, 0) is 51.4 Å². The van der Waals surface area contributed by atoms with E-state index in [1.807, 2.05) is 0 Å². The topological polar surface area (TPSA) is 116 Å². The average Bonchev–Trinajstić information content (AvgIpc) is 3.32. The fourth-order valence-electron chi connectivity index (χ4n) is 9.32. The zero-order chi connectivity index (χ0) is 48.1. The third-order valence-electron chi connectivity index (χ3n) is 13.9.